The number of nitrogens with zero attached hydrogens (tertiary/aromatic N) is 2. The molecule has 2 heterocycles. The molecule has 0 atom stereocenters. The van der Waals surface area contributed by atoms with Crippen molar-refractivity contribution < 1.29 is 0 Å². The van der Waals surface area contributed by atoms with Gasteiger partial charge in [0.05, 0.1) is 22.3 Å². The Balaban J connectivity index is 2.36. The van der Waals surface area contributed by atoms with E-state index >= 15 is 0 Å². The van der Waals surface area contributed by atoms with Crippen molar-refractivity contribution in [2.45, 2.75) is 26.7 Å². The molecule has 3 aromatic rings. The smallest absolute Gasteiger partial charge is 0.259 e. The normalized spacial score (nSPS) is 11.1. The zero-order valence-corrected chi connectivity index (χ0v) is 11.7. The predicted octanol–water partition coefficient (Wildman–Crippen LogP) is 2.97. The van der Waals surface area contributed by atoms with Gasteiger partial charge in [0, 0.05) is 5.69 Å². The largest absolute Gasteiger partial charge is 0.326 e. The first-order valence-electron chi connectivity index (χ1n) is 6.87. The minimum atomic E-state index is -0.0503. The molecule has 3 rings (SSSR count). The number of para-hydroxylation sites is 1. The summed E-state index contributed by atoms with van der Waals surface area (Å²) >= 11 is 0. The van der Waals surface area contributed by atoms with E-state index in [0.29, 0.717) is 5.39 Å². The van der Waals surface area contributed by atoms with Crippen LogP contribution in [0.2, 0.25) is 0 Å². The fourth-order valence-electron chi connectivity index (χ4n) is 2.52. The quantitative estimate of drug-likeness (QED) is 0.793. The highest BCUT2D eigenvalue weighted by atomic mass is 16.1. The fraction of sp³-hybridized carbons (Fsp3) is 0.250. The molecule has 0 amide bonds. The van der Waals surface area contributed by atoms with E-state index in [-0.39, 0.29) is 5.56 Å². The maximum Gasteiger partial charge on any atom is 0.259 e. The van der Waals surface area contributed by atoms with E-state index in [1.165, 1.54) is 0 Å². The lowest BCUT2D eigenvalue weighted by molar-refractivity contribution is 0.820. The summed E-state index contributed by atoms with van der Waals surface area (Å²) < 4.78 is 1.86. The van der Waals surface area contributed by atoms with E-state index in [9.17, 15) is 4.79 Å². The molecule has 0 bridgehead atoms. The molecule has 0 saturated heterocycles. The third-order valence-corrected chi connectivity index (χ3v) is 3.37. The van der Waals surface area contributed by atoms with Crippen molar-refractivity contribution in [2.75, 3.05) is 0 Å². The monoisotopic (exact) mass is 267 g/mol. The minimum Gasteiger partial charge on any atom is -0.326 e. The number of pyridine rings is 1. The lowest BCUT2D eigenvalue weighted by Gasteiger charge is -2.03. The minimum absolute atomic E-state index is 0.0503. The SMILES string of the molecule is CCCc1nn(-c2ccccc2)c2cc(C)[nH]c(=O)c12. The summed E-state index contributed by atoms with van der Waals surface area (Å²) in [6, 6.07) is 11.9. The topological polar surface area (TPSA) is 50.7 Å². The van der Waals surface area contributed by atoms with Gasteiger partial charge in [-0.05, 0) is 31.5 Å². The highest BCUT2D eigenvalue weighted by Crippen LogP contribution is 2.20. The van der Waals surface area contributed by atoms with Gasteiger partial charge in [-0.1, -0.05) is 31.5 Å². The van der Waals surface area contributed by atoms with Crippen LogP contribution < -0.4 is 5.56 Å². The van der Waals surface area contributed by atoms with E-state index in [2.05, 4.69) is 17.0 Å². The molecule has 20 heavy (non-hydrogen) atoms. The van der Waals surface area contributed by atoms with Crippen LogP contribution in [0, 0.1) is 6.92 Å². The molecule has 0 radical (unpaired) electrons. The number of hydrogen-bond acceptors (Lipinski definition) is 2. The molecule has 1 N–H and O–H groups in total. The van der Waals surface area contributed by atoms with Gasteiger partial charge in [0.15, 0.2) is 0 Å². The first-order valence-corrected chi connectivity index (χ1v) is 6.87. The van der Waals surface area contributed by atoms with Crippen LogP contribution in [-0.2, 0) is 6.42 Å². The molecule has 1 aromatic carbocycles. The van der Waals surface area contributed by atoms with Crippen molar-refractivity contribution >= 4 is 10.9 Å². The number of rotatable bonds is 3. The fourth-order valence-corrected chi connectivity index (χ4v) is 2.52. The summed E-state index contributed by atoms with van der Waals surface area (Å²) in [7, 11) is 0. The second kappa shape index (κ2) is 4.96. The van der Waals surface area contributed by atoms with Gasteiger partial charge < -0.3 is 4.98 Å². The van der Waals surface area contributed by atoms with E-state index in [0.717, 1.165) is 35.4 Å². The zero-order chi connectivity index (χ0) is 14.1. The average molecular weight is 267 g/mol. The number of aromatic amines is 1. The van der Waals surface area contributed by atoms with Crippen LogP contribution in [0.1, 0.15) is 24.7 Å². The number of H-pyrrole nitrogens is 1. The first kappa shape index (κ1) is 12.7. The Morgan fingerprint density at radius 3 is 2.70 bits per heavy atom. The Bertz CT molecular complexity index is 800. The Morgan fingerprint density at radius 1 is 1.25 bits per heavy atom. The van der Waals surface area contributed by atoms with Crippen LogP contribution in [0.3, 0.4) is 0 Å². The van der Waals surface area contributed by atoms with Crippen LogP contribution >= 0.6 is 0 Å². The summed E-state index contributed by atoms with van der Waals surface area (Å²) in [6.45, 7) is 3.98. The van der Waals surface area contributed by atoms with Gasteiger partial charge >= 0.3 is 0 Å². The van der Waals surface area contributed by atoms with Crippen LogP contribution in [0.25, 0.3) is 16.6 Å². The van der Waals surface area contributed by atoms with Crippen molar-refractivity contribution in [3.05, 3.63) is 58.1 Å². The molecule has 0 aliphatic carbocycles. The van der Waals surface area contributed by atoms with Crippen molar-refractivity contribution in [1.82, 2.24) is 14.8 Å². The van der Waals surface area contributed by atoms with Gasteiger partial charge in [-0.3, -0.25) is 4.79 Å². The average Bonchev–Trinajstić information content (AvgIpc) is 2.79. The second-order valence-corrected chi connectivity index (χ2v) is 4.99. The van der Waals surface area contributed by atoms with Gasteiger partial charge in [0.2, 0.25) is 0 Å². The number of aryl methyl sites for hydroxylation is 2. The summed E-state index contributed by atoms with van der Waals surface area (Å²) in [5.74, 6) is 0. The van der Waals surface area contributed by atoms with Gasteiger partial charge in [0.25, 0.3) is 5.56 Å². The van der Waals surface area contributed by atoms with E-state index in [4.69, 9.17) is 0 Å². The zero-order valence-electron chi connectivity index (χ0n) is 11.7. The second-order valence-electron chi connectivity index (χ2n) is 4.99. The predicted molar refractivity (Wildman–Crippen MR) is 80.4 cm³/mol. The Hall–Kier alpha value is -2.36. The van der Waals surface area contributed by atoms with Crippen LogP contribution in [0.5, 0.6) is 0 Å². The summed E-state index contributed by atoms with van der Waals surface area (Å²) in [6.07, 6.45) is 1.77. The molecule has 4 heteroatoms. The van der Waals surface area contributed by atoms with Gasteiger partial charge in [-0.2, -0.15) is 5.10 Å². The van der Waals surface area contributed by atoms with Crippen molar-refractivity contribution in [3.8, 4) is 5.69 Å². The molecule has 0 saturated carbocycles. The van der Waals surface area contributed by atoms with Crippen LogP contribution in [0.15, 0.2) is 41.2 Å². The molecule has 0 aliphatic rings. The summed E-state index contributed by atoms with van der Waals surface area (Å²) in [5, 5.41) is 5.36. The van der Waals surface area contributed by atoms with E-state index in [1.54, 1.807) is 0 Å². The van der Waals surface area contributed by atoms with E-state index in [1.807, 2.05) is 48.0 Å². The lowest BCUT2D eigenvalue weighted by atomic mass is 10.1. The van der Waals surface area contributed by atoms with Crippen LogP contribution in [0.4, 0.5) is 0 Å². The molecule has 0 fully saturated rings. The standard InChI is InChI=1S/C16H17N3O/c1-3-7-13-15-14(10-11(2)17-16(15)20)19(18-13)12-8-5-4-6-9-12/h4-6,8-10H,3,7H2,1-2H3,(H,17,20). The van der Waals surface area contributed by atoms with Gasteiger partial charge in [-0.15, -0.1) is 0 Å². The molecule has 102 valence electrons. The number of fused-ring (bicyclic) bond motifs is 1. The molecule has 0 unspecified atom stereocenters. The number of aromatic nitrogens is 3. The molecule has 4 nitrogen and oxygen atoms in total. The van der Waals surface area contributed by atoms with Crippen molar-refractivity contribution in [2.24, 2.45) is 0 Å². The van der Waals surface area contributed by atoms with Gasteiger partial charge in [-0.25, -0.2) is 4.68 Å². The highest BCUT2D eigenvalue weighted by molar-refractivity contribution is 5.82. The Morgan fingerprint density at radius 2 is 2.00 bits per heavy atom. The number of nitrogens with one attached hydrogen (secondary N) is 1. The first-order chi connectivity index (χ1) is 9.70. The summed E-state index contributed by atoms with van der Waals surface area (Å²) in [5.41, 5.74) is 3.52. The van der Waals surface area contributed by atoms with E-state index < -0.39 is 0 Å². The van der Waals surface area contributed by atoms with Crippen molar-refractivity contribution in [1.29, 1.82) is 0 Å². The van der Waals surface area contributed by atoms with Crippen LogP contribution in [-0.4, -0.2) is 14.8 Å². The highest BCUT2D eigenvalue weighted by Gasteiger charge is 2.14. The molecular weight excluding hydrogens is 250 g/mol. The maximum atomic E-state index is 12.2. The third-order valence-electron chi connectivity index (χ3n) is 3.37. The number of benzene rings is 1. The molecule has 2 aromatic heterocycles. The molecule has 0 aliphatic heterocycles. The van der Waals surface area contributed by atoms with Gasteiger partial charge in [0.1, 0.15) is 0 Å². The molecule has 0 spiro atoms. The Kier molecular flexibility index (Phi) is 3.14. The molecular formula is C16H17N3O. The third kappa shape index (κ3) is 2.03. The maximum absolute atomic E-state index is 12.2. The number of hydrogen-bond donors (Lipinski definition) is 1. The Labute approximate surface area is 117 Å². The van der Waals surface area contributed by atoms with Crippen molar-refractivity contribution in [3.63, 3.8) is 0 Å². The lowest BCUT2D eigenvalue weighted by Crippen LogP contribution is -2.08. The summed E-state index contributed by atoms with van der Waals surface area (Å²) in [4.78, 5) is 15.1.